The van der Waals surface area contributed by atoms with Crippen LogP contribution in [0.5, 0.6) is 11.5 Å². The van der Waals surface area contributed by atoms with Gasteiger partial charge in [-0.25, -0.2) is 0 Å². The van der Waals surface area contributed by atoms with Crippen LogP contribution < -0.4 is 9.47 Å². The Kier molecular flexibility index (Phi) is 5.84. The predicted octanol–water partition coefficient (Wildman–Crippen LogP) is 4.10. The Morgan fingerprint density at radius 2 is 1.92 bits per heavy atom. The van der Waals surface area contributed by atoms with Gasteiger partial charge in [-0.1, -0.05) is 40.2 Å². The number of hydrogen-bond donors (Lipinski definition) is 1. The van der Waals surface area contributed by atoms with Crippen LogP contribution in [-0.2, 0) is 4.79 Å². The number of nitrogens with zero attached hydrogens (tertiary/aromatic N) is 1. The fourth-order valence-corrected chi connectivity index (χ4v) is 3.95. The van der Waals surface area contributed by atoms with Gasteiger partial charge in [0.2, 0.25) is 0 Å². The molecule has 1 aliphatic rings. The SMILES string of the molecule is COc1cccc(C(c2ccc(Br)cc2)N2CCCC2C(=O)O)c1OC. The van der Waals surface area contributed by atoms with E-state index in [9.17, 15) is 9.90 Å². The lowest BCUT2D eigenvalue weighted by molar-refractivity contribution is -0.142. The number of likely N-dealkylation sites (tertiary alicyclic amines) is 1. The topological polar surface area (TPSA) is 59.0 Å². The predicted molar refractivity (Wildman–Crippen MR) is 103 cm³/mol. The fourth-order valence-electron chi connectivity index (χ4n) is 3.69. The van der Waals surface area contributed by atoms with Gasteiger partial charge in [-0.05, 0) is 36.6 Å². The molecule has 1 saturated heterocycles. The van der Waals surface area contributed by atoms with Crippen LogP contribution in [-0.4, -0.2) is 42.8 Å². The number of benzene rings is 2. The van der Waals surface area contributed by atoms with Gasteiger partial charge in [0, 0.05) is 16.6 Å². The van der Waals surface area contributed by atoms with Crippen molar-refractivity contribution >= 4 is 21.9 Å². The van der Waals surface area contributed by atoms with Crippen molar-refractivity contribution in [1.29, 1.82) is 0 Å². The van der Waals surface area contributed by atoms with Crippen LogP contribution in [0.25, 0.3) is 0 Å². The van der Waals surface area contributed by atoms with Gasteiger partial charge in [0.1, 0.15) is 6.04 Å². The largest absolute Gasteiger partial charge is 0.493 e. The summed E-state index contributed by atoms with van der Waals surface area (Å²) in [5.41, 5.74) is 1.93. The summed E-state index contributed by atoms with van der Waals surface area (Å²) in [6.45, 7) is 0.720. The van der Waals surface area contributed by atoms with E-state index in [1.54, 1.807) is 14.2 Å². The van der Waals surface area contributed by atoms with Crippen LogP contribution in [0, 0.1) is 0 Å². The van der Waals surface area contributed by atoms with Gasteiger partial charge in [0.05, 0.1) is 20.3 Å². The van der Waals surface area contributed by atoms with Gasteiger partial charge in [-0.15, -0.1) is 0 Å². The summed E-state index contributed by atoms with van der Waals surface area (Å²) in [5, 5.41) is 9.69. The van der Waals surface area contributed by atoms with E-state index in [4.69, 9.17) is 9.47 Å². The lowest BCUT2D eigenvalue weighted by atomic mass is 9.95. The average molecular weight is 420 g/mol. The van der Waals surface area contributed by atoms with E-state index in [2.05, 4.69) is 15.9 Å². The van der Waals surface area contributed by atoms with Gasteiger partial charge in [0.25, 0.3) is 0 Å². The van der Waals surface area contributed by atoms with Crippen molar-refractivity contribution in [1.82, 2.24) is 4.90 Å². The maximum absolute atomic E-state index is 11.8. The zero-order valence-corrected chi connectivity index (χ0v) is 16.4. The van der Waals surface area contributed by atoms with Crippen molar-refractivity contribution in [3.8, 4) is 11.5 Å². The van der Waals surface area contributed by atoms with Gasteiger partial charge < -0.3 is 14.6 Å². The number of aliphatic carboxylic acids is 1. The fraction of sp³-hybridized carbons (Fsp3) is 0.350. The highest BCUT2D eigenvalue weighted by Crippen LogP contribution is 2.42. The van der Waals surface area contributed by atoms with Gasteiger partial charge in [-0.3, -0.25) is 9.69 Å². The van der Waals surface area contributed by atoms with Crippen LogP contribution in [0.3, 0.4) is 0 Å². The second-order valence-corrected chi connectivity index (χ2v) is 7.19. The number of carboxylic acid groups (broad SMARTS) is 1. The normalized spacial score (nSPS) is 18.5. The molecule has 2 aromatic carbocycles. The molecule has 0 bridgehead atoms. The molecule has 5 nitrogen and oxygen atoms in total. The number of methoxy groups -OCH3 is 2. The van der Waals surface area contributed by atoms with Crippen molar-refractivity contribution in [3.63, 3.8) is 0 Å². The Hall–Kier alpha value is -2.05. The molecule has 0 aliphatic carbocycles. The molecule has 0 radical (unpaired) electrons. The van der Waals surface area contributed by atoms with Crippen molar-refractivity contribution in [2.45, 2.75) is 24.9 Å². The van der Waals surface area contributed by atoms with Crippen molar-refractivity contribution < 1.29 is 19.4 Å². The lowest BCUT2D eigenvalue weighted by Gasteiger charge is -2.33. The van der Waals surface area contributed by atoms with Crippen LogP contribution in [0.15, 0.2) is 46.9 Å². The van der Waals surface area contributed by atoms with Crippen molar-refractivity contribution in [2.75, 3.05) is 20.8 Å². The molecule has 1 N–H and O–H groups in total. The van der Waals surface area contributed by atoms with Crippen molar-refractivity contribution in [3.05, 3.63) is 58.1 Å². The summed E-state index contributed by atoms with van der Waals surface area (Å²) in [4.78, 5) is 13.9. The molecule has 26 heavy (non-hydrogen) atoms. The maximum Gasteiger partial charge on any atom is 0.320 e. The molecule has 0 amide bonds. The third kappa shape index (κ3) is 3.57. The first-order chi connectivity index (χ1) is 12.6. The third-order valence-corrected chi connectivity index (χ3v) is 5.35. The first-order valence-corrected chi connectivity index (χ1v) is 9.31. The van der Waals surface area contributed by atoms with E-state index in [-0.39, 0.29) is 6.04 Å². The molecule has 0 saturated carbocycles. The molecular formula is C20H22BrNO4. The molecule has 0 spiro atoms. The molecule has 1 heterocycles. The van der Waals surface area contributed by atoms with E-state index < -0.39 is 12.0 Å². The Bertz CT molecular complexity index is 778. The molecule has 2 aromatic rings. The first-order valence-electron chi connectivity index (χ1n) is 8.51. The number of carbonyl (C=O) groups is 1. The van der Waals surface area contributed by atoms with Gasteiger partial charge in [-0.2, -0.15) is 0 Å². The Morgan fingerprint density at radius 3 is 2.54 bits per heavy atom. The number of rotatable bonds is 6. The zero-order valence-electron chi connectivity index (χ0n) is 14.8. The summed E-state index contributed by atoms with van der Waals surface area (Å²) >= 11 is 3.47. The third-order valence-electron chi connectivity index (χ3n) is 4.82. The summed E-state index contributed by atoms with van der Waals surface area (Å²) < 4.78 is 12.1. The molecule has 0 aromatic heterocycles. The second-order valence-electron chi connectivity index (χ2n) is 6.27. The first kappa shape index (κ1) is 18.7. The van der Waals surface area contributed by atoms with Crippen LogP contribution in [0.2, 0.25) is 0 Å². The lowest BCUT2D eigenvalue weighted by Crippen LogP contribution is -2.39. The molecule has 138 valence electrons. The van der Waals surface area contributed by atoms with E-state index in [1.807, 2.05) is 47.4 Å². The number of halogens is 1. The number of carboxylic acids is 1. The molecule has 2 unspecified atom stereocenters. The molecule has 2 atom stereocenters. The van der Waals surface area contributed by atoms with Crippen LogP contribution in [0.1, 0.15) is 30.0 Å². The quantitative estimate of drug-likeness (QED) is 0.763. The molecule has 3 rings (SSSR count). The van der Waals surface area contributed by atoms with Crippen LogP contribution >= 0.6 is 15.9 Å². The smallest absolute Gasteiger partial charge is 0.320 e. The van der Waals surface area contributed by atoms with E-state index >= 15 is 0 Å². The van der Waals surface area contributed by atoms with Crippen molar-refractivity contribution in [2.24, 2.45) is 0 Å². The molecular weight excluding hydrogens is 398 g/mol. The van der Waals surface area contributed by atoms with E-state index in [0.717, 1.165) is 28.6 Å². The molecule has 6 heteroatoms. The Morgan fingerprint density at radius 1 is 1.19 bits per heavy atom. The minimum absolute atomic E-state index is 0.225. The summed E-state index contributed by atoms with van der Waals surface area (Å²) in [6.07, 6.45) is 1.50. The summed E-state index contributed by atoms with van der Waals surface area (Å²) in [7, 11) is 3.21. The second kappa shape index (κ2) is 8.10. The Labute approximate surface area is 161 Å². The number of ether oxygens (including phenoxy) is 2. The summed E-state index contributed by atoms with van der Waals surface area (Å²) in [6, 6.07) is 13.0. The highest BCUT2D eigenvalue weighted by atomic mass is 79.9. The average Bonchev–Trinajstić information content (AvgIpc) is 3.13. The maximum atomic E-state index is 11.8. The minimum atomic E-state index is -0.786. The minimum Gasteiger partial charge on any atom is -0.493 e. The molecule has 1 aliphatic heterocycles. The Balaban J connectivity index is 2.15. The van der Waals surface area contributed by atoms with E-state index in [0.29, 0.717) is 17.9 Å². The number of para-hydroxylation sites is 1. The highest BCUT2D eigenvalue weighted by molar-refractivity contribution is 9.10. The highest BCUT2D eigenvalue weighted by Gasteiger charge is 2.38. The summed E-state index contributed by atoms with van der Waals surface area (Å²) in [5.74, 6) is 0.489. The standard InChI is InChI=1S/C20H22BrNO4/c1-25-17-7-3-5-15(19(17)26-2)18(13-8-10-14(21)11-9-13)22-12-4-6-16(22)20(23)24/h3,5,7-11,16,18H,4,6,12H2,1-2H3,(H,23,24). The van der Waals surface area contributed by atoms with Gasteiger partial charge in [0.15, 0.2) is 11.5 Å². The van der Waals surface area contributed by atoms with E-state index in [1.165, 1.54) is 0 Å². The molecule has 1 fully saturated rings. The number of hydrogen-bond acceptors (Lipinski definition) is 4. The monoisotopic (exact) mass is 419 g/mol. The van der Waals surface area contributed by atoms with Crippen LogP contribution in [0.4, 0.5) is 0 Å². The zero-order chi connectivity index (χ0) is 18.7. The van der Waals surface area contributed by atoms with Gasteiger partial charge >= 0.3 is 5.97 Å².